The summed E-state index contributed by atoms with van der Waals surface area (Å²) in [4.78, 5) is 23.7. The monoisotopic (exact) mass is 1420 g/mol. The van der Waals surface area contributed by atoms with Crippen LogP contribution < -0.4 is 14.2 Å². The highest BCUT2D eigenvalue weighted by Crippen LogP contribution is 2.44. The van der Waals surface area contributed by atoms with Crippen molar-refractivity contribution in [2.45, 2.75) is 417 Å². The number of carbonyl (C=O) groups is 2. The van der Waals surface area contributed by atoms with Gasteiger partial charge in [-0.15, -0.1) is 0 Å². The molecule has 2 aromatic rings. The van der Waals surface area contributed by atoms with E-state index in [2.05, 4.69) is 163 Å². The van der Waals surface area contributed by atoms with Gasteiger partial charge in [-0.05, 0) is 251 Å². The molecule has 0 radical (unpaired) electrons. The van der Waals surface area contributed by atoms with Gasteiger partial charge in [0.05, 0.1) is 7.11 Å². The van der Waals surface area contributed by atoms with Crippen LogP contribution in [0.4, 0.5) is 0 Å². The van der Waals surface area contributed by atoms with Crippen molar-refractivity contribution in [1.29, 1.82) is 0 Å². The minimum Gasteiger partial charge on any atom is -0.508 e. The van der Waals surface area contributed by atoms with E-state index in [1.54, 1.807) is 0 Å². The zero-order valence-electron chi connectivity index (χ0n) is 70.1. The molecule has 0 spiro atoms. The van der Waals surface area contributed by atoms with E-state index in [0.29, 0.717) is 18.6 Å². The Labute approximate surface area is 631 Å². The molecule has 0 bridgehead atoms. The van der Waals surface area contributed by atoms with E-state index in [1.807, 2.05) is 13.0 Å². The van der Waals surface area contributed by atoms with Crippen LogP contribution in [-0.4, -0.2) is 47.6 Å². The lowest BCUT2D eigenvalue weighted by Crippen LogP contribution is -2.36. The molecule has 8 heteroatoms. The van der Waals surface area contributed by atoms with Crippen LogP contribution >= 0.6 is 0 Å². The van der Waals surface area contributed by atoms with E-state index in [4.69, 9.17) is 19.3 Å². The van der Waals surface area contributed by atoms with Crippen molar-refractivity contribution in [3.05, 3.63) is 94.1 Å². The second kappa shape index (κ2) is 59.8. The minimum atomic E-state index is -0.115. The van der Waals surface area contributed by atoms with Crippen molar-refractivity contribution in [2.75, 3.05) is 14.2 Å². The number of esters is 2. The van der Waals surface area contributed by atoms with Crippen LogP contribution in [0.25, 0.3) is 0 Å². The number of phenols is 1. The summed E-state index contributed by atoms with van der Waals surface area (Å²) in [5.74, 6) is 8.04. The van der Waals surface area contributed by atoms with Crippen molar-refractivity contribution in [2.24, 2.45) is 35.5 Å². The van der Waals surface area contributed by atoms with E-state index in [-0.39, 0.29) is 23.1 Å². The number of ether oxygens (including phenoxy) is 4. The summed E-state index contributed by atoms with van der Waals surface area (Å²) < 4.78 is 23.8. The lowest BCUT2D eigenvalue weighted by atomic mass is 9.85. The molecule has 0 amide bonds. The van der Waals surface area contributed by atoms with E-state index >= 15 is 0 Å². The Morgan fingerprint density at radius 3 is 1.13 bits per heavy atom. The van der Waals surface area contributed by atoms with Crippen LogP contribution in [0.1, 0.15) is 399 Å². The predicted octanol–water partition coefficient (Wildman–Crippen LogP) is 28.7. The van der Waals surface area contributed by atoms with Crippen molar-refractivity contribution < 1.29 is 38.7 Å². The third-order valence-corrected chi connectivity index (χ3v) is 21.9. The molecule has 6 atom stereocenters. The molecular formula is C94H164O8. The maximum absolute atomic E-state index is 12.8. The Bertz CT molecular complexity index is 2550. The molecule has 2 heterocycles. The van der Waals surface area contributed by atoms with Crippen LogP contribution in [0.15, 0.2) is 60.7 Å². The summed E-state index contributed by atoms with van der Waals surface area (Å²) in [6.07, 6.45) is 73.7. The third-order valence-electron chi connectivity index (χ3n) is 21.9. The number of rotatable bonds is 53. The fourth-order valence-corrected chi connectivity index (χ4v) is 14.5. The smallest absolute Gasteiger partial charge is 0.311 e. The molecule has 588 valence electrons. The second-order valence-electron chi connectivity index (χ2n) is 33.0. The number of phenolic OH excluding ortho intramolecular Hbond substituents is 1. The molecular weight excluding hydrogens is 1260 g/mol. The van der Waals surface area contributed by atoms with Gasteiger partial charge in [-0.3, -0.25) is 9.59 Å². The summed E-state index contributed by atoms with van der Waals surface area (Å²) in [5.41, 5.74) is 6.40. The fraction of sp³-hybridized carbons (Fsp3) is 0.766. The van der Waals surface area contributed by atoms with Crippen LogP contribution in [0, 0.1) is 63.2 Å². The molecule has 6 unspecified atom stereocenters. The van der Waals surface area contributed by atoms with Gasteiger partial charge in [-0.25, -0.2) is 0 Å². The van der Waals surface area contributed by atoms with E-state index < -0.39 is 0 Å². The first kappa shape index (κ1) is 95.7. The van der Waals surface area contributed by atoms with Crippen molar-refractivity contribution >= 4 is 11.9 Å². The third kappa shape index (κ3) is 46.6. The van der Waals surface area contributed by atoms with Crippen LogP contribution in [-0.2, 0) is 27.2 Å². The first-order valence-corrected chi connectivity index (χ1v) is 42.6. The molecule has 102 heavy (non-hydrogen) atoms. The predicted molar refractivity (Wildman–Crippen MR) is 442 cm³/mol. The molecule has 2 aliphatic heterocycles. The second-order valence-corrected chi connectivity index (χ2v) is 33.0. The number of methoxy groups -OCH3 is 1. The Balaban J connectivity index is 0.000000832. The summed E-state index contributed by atoms with van der Waals surface area (Å²) >= 11 is 0. The largest absolute Gasteiger partial charge is 0.508 e. The van der Waals surface area contributed by atoms with Crippen molar-refractivity contribution in [1.82, 2.24) is 0 Å². The normalized spacial score (nSPS) is 16.9. The highest BCUT2D eigenvalue weighted by molar-refractivity contribution is 5.73. The minimum absolute atomic E-state index is 0.0637. The van der Waals surface area contributed by atoms with Gasteiger partial charge in [0.1, 0.15) is 34.2 Å². The lowest BCUT2D eigenvalue weighted by molar-refractivity contribution is -0.140. The SMILES string of the molecule is CC/C=C/CC/C=C/CCCCCCCCCC(=O)OC.CC/C=C/CC/C=C/CCCCCCCCCC(=O)Oc1cc2c(c(C)c1C)OC(C)(CCCC(C)CCCC(C)CCCC(C)C)CC2.CO.Cc1c(O)cc2c(c1C)OC(C)(CCCC(C)CCCC(C)CCCC(C)C)CC2. The number of aromatic hydroxyl groups is 1. The van der Waals surface area contributed by atoms with Crippen LogP contribution in [0.5, 0.6) is 23.0 Å². The highest BCUT2D eigenvalue weighted by atomic mass is 16.5. The first-order valence-electron chi connectivity index (χ1n) is 42.6. The molecule has 2 aliphatic rings. The molecule has 8 nitrogen and oxygen atoms in total. The number of fused-ring (bicyclic) bond motifs is 2. The maximum atomic E-state index is 12.8. The van der Waals surface area contributed by atoms with Crippen LogP contribution in [0.3, 0.4) is 0 Å². The number of aliphatic hydroxyl groups excluding tert-OH is 1. The number of benzene rings is 2. The number of unbranched alkanes of at least 4 members (excludes halogenated alkanes) is 16. The molecule has 0 fully saturated rings. The molecule has 2 aromatic carbocycles. The summed E-state index contributed by atoms with van der Waals surface area (Å²) in [6.45, 7) is 36.3. The molecule has 0 saturated heterocycles. The number of allylic oxidation sites excluding steroid dienone is 8. The zero-order valence-corrected chi connectivity index (χ0v) is 70.1. The van der Waals surface area contributed by atoms with E-state index in [9.17, 15) is 14.7 Å². The molecule has 4 rings (SSSR count). The van der Waals surface area contributed by atoms with Crippen molar-refractivity contribution in [3.8, 4) is 23.0 Å². The quantitative estimate of drug-likeness (QED) is 0.0292. The highest BCUT2D eigenvalue weighted by Gasteiger charge is 2.35. The number of carbonyl (C=O) groups excluding carboxylic acids is 2. The summed E-state index contributed by atoms with van der Waals surface area (Å²) in [6, 6.07) is 3.99. The summed E-state index contributed by atoms with van der Waals surface area (Å²) in [7, 11) is 2.46. The standard InChI is InChI=1S/C46H78O3.C28H48O2.C19H34O2.CH4O/c1-9-10-11-12-13-14-15-16-17-18-19-20-21-22-23-32-44(47)48-43-36-42-33-35-46(8,49-45(42)41(7)40(43)6)34-26-31-39(5)30-25-29-38(4)28-24-27-37(2)3;1-20(2)11-8-12-21(3)13-9-14-22(4)15-10-17-28(7)18-16-25-19-26(29)23(5)24(6)27(25)30-28;1-3-4-5-6-7-8-9-10-11-12-13-14-15-16-17-18-19(20)21-2;1-2/h10-11,14-15,36-39H,9,12-13,16-35H2,1-8H3;19-22,29H,8-18H2,1-7H3;4-5,8-9H,3,6-7,10-18H2,1-2H3;2H,1H3/b11-10+,15-14+;;5-4+,9-8+;. The average Bonchev–Trinajstić information content (AvgIpc) is 0.785. The van der Waals surface area contributed by atoms with Crippen LogP contribution in [0.2, 0.25) is 0 Å². The van der Waals surface area contributed by atoms with Gasteiger partial charge in [0.2, 0.25) is 0 Å². The first-order chi connectivity index (χ1) is 49.0. The average molecular weight is 1420 g/mol. The van der Waals surface area contributed by atoms with E-state index in [1.165, 1.54) is 211 Å². The molecule has 2 N–H and O–H groups in total. The number of aliphatic hydroxyl groups is 1. The van der Waals surface area contributed by atoms with Gasteiger partial charge < -0.3 is 29.2 Å². The molecule has 0 aliphatic carbocycles. The van der Waals surface area contributed by atoms with E-state index in [0.717, 1.165) is 172 Å². The molecule has 0 aromatic heterocycles. The van der Waals surface area contributed by atoms with Gasteiger partial charge >= 0.3 is 11.9 Å². The summed E-state index contributed by atoms with van der Waals surface area (Å²) in [5, 5.41) is 17.1. The van der Waals surface area contributed by atoms with Gasteiger partial charge in [0, 0.05) is 20.0 Å². The zero-order chi connectivity index (χ0) is 75.8. The molecule has 0 saturated carbocycles. The number of hydrogen-bond acceptors (Lipinski definition) is 8. The Morgan fingerprint density at radius 2 is 0.745 bits per heavy atom. The maximum Gasteiger partial charge on any atom is 0.311 e. The van der Waals surface area contributed by atoms with Gasteiger partial charge in [-0.2, -0.15) is 0 Å². The number of hydrogen-bond donors (Lipinski definition) is 2. The fourth-order valence-electron chi connectivity index (χ4n) is 14.5. The Morgan fingerprint density at radius 1 is 0.422 bits per heavy atom. The van der Waals surface area contributed by atoms with Gasteiger partial charge in [0.25, 0.3) is 0 Å². The van der Waals surface area contributed by atoms with Crippen molar-refractivity contribution in [3.63, 3.8) is 0 Å². The Hall–Kier alpha value is -4.30. The van der Waals surface area contributed by atoms with Gasteiger partial charge in [0.15, 0.2) is 0 Å². The Kier molecular flexibility index (Phi) is 56.1. The topological polar surface area (TPSA) is 112 Å². The van der Waals surface area contributed by atoms with Gasteiger partial charge in [-0.1, -0.05) is 272 Å². The number of aryl methyl sites for hydroxylation is 2. The lowest BCUT2D eigenvalue weighted by Gasteiger charge is -2.37.